The molecule has 8 nitrogen and oxygen atoms in total. The number of nitrogens with two attached hydrogens (primary N) is 1. The van der Waals surface area contributed by atoms with Gasteiger partial charge in [-0.25, -0.2) is 14.1 Å². The largest absolute Gasteiger partial charge is 0.383 e. The highest BCUT2D eigenvalue weighted by Crippen LogP contribution is 2.26. The van der Waals surface area contributed by atoms with E-state index in [2.05, 4.69) is 15.1 Å². The maximum Gasteiger partial charge on any atom is 0.274 e. The molecule has 0 saturated carbocycles. The van der Waals surface area contributed by atoms with Crippen molar-refractivity contribution in [3.05, 3.63) is 66.1 Å². The van der Waals surface area contributed by atoms with Crippen molar-refractivity contribution in [2.45, 2.75) is 12.8 Å². The Morgan fingerprint density at radius 2 is 1.93 bits per heavy atom. The lowest BCUT2D eigenvalue weighted by molar-refractivity contribution is 0.0632. The highest BCUT2D eigenvalue weighted by atomic mass is 19.1. The third kappa shape index (κ3) is 3.71. The van der Waals surface area contributed by atoms with Crippen molar-refractivity contribution < 1.29 is 14.0 Å². The van der Waals surface area contributed by atoms with E-state index >= 15 is 0 Å². The number of hydrogen-bond acceptors (Lipinski definition) is 6. The van der Waals surface area contributed by atoms with Gasteiger partial charge < -0.3 is 10.6 Å². The van der Waals surface area contributed by atoms with Crippen LogP contribution in [0, 0.1) is 11.7 Å². The summed E-state index contributed by atoms with van der Waals surface area (Å²) in [6, 6.07) is 5.67. The van der Waals surface area contributed by atoms with Gasteiger partial charge in [0.05, 0.1) is 23.6 Å². The topological polar surface area (TPSA) is 107 Å². The SMILES string of the molecule is Nc1c(C(=O)[C@@H]2CCCN(C(=O)c3cnccn3)C2)cnn1-c1ccc(F)cc1. The number of amides is 1. The van der Waals surface area contributed by atoms with E-state index in [1.54, 1.807) is 4.90 Å². The summed E-state index contributed by atoms with van der Waals surface area (Å²) >= 11 is 0. The van der Waals surface area contributed by atoms with E-state index in [-0.39, 0.29) is 41.5 Å². The Morgan fingerprint density at radius 3 is 2.66 bits per heavy atom. The van der Waals surface area contributed by atoms with Crippen LogP contribution in [0.5, 0.6) is 0 Å². The normalized spacial score (nSPS) is 16.6. The molecule has 1 atom stereocenters. The van der Waals surface area contributed by atoms with Crippen LogP contribution < -0.4 is 5.73 Å². The summed E-state index contributed by atoms with van der Waals surface area (Å²) in [5.74, 6) is -0.958. The fraction of sp³-hybridized carbons (Fsp3) is 0.250. The molecule has 3 heterocycles. The Bertz CT molecular complexity index is 1030. The number of likely N-dealkylation sites (tertiary alicyclic amines) is 1. The summed E-state index contributed by atoms with van der Waals surface area (Å²) in [6.45, 7) is 0.846. The third-order valence-corrected chi connectivity index (χ3v) is 5.00. The molecule has 3 aromatic rings. The zero-order valence-corrected chi connectivity index (χ0v) is 15.5. The molecule has 0 spiro atoms. The van der Waals surface area contributed by atoms with Crippen LogP contribution in [0.1, 0.15) is 33.7 Å². The summed E-state index contributed by atoms with van der Waals surface area (Å²) in [4.78, 5) is 35.3. The first kappa shape index (κ1) is 18.7. The molecule has 1 aliphatic rings. The third-order valence-electron chi connectivity index (χ3n) is 5.00. The first-order chi connectivity index (χ1) is 14.0. The zero-order chi connectivity index (χ0) is 20.4. The van der Waals surface area contributed by atoms with Gasteiger partial charge in [-0.15, -0.1) is 0 Å². The average molecular weight is 394 g/mol. The number of piperidine rings is 1. The number of rotatable bonds is 4. The lowest BCUT2D eigenvalue weighted by Crippen LogP contribution is -2.42. The van der Waals surface area contributed by atoms with Crippen LogP contribution in [0.3, 0.4) is 0 Å². The number of nitrogens with zero attached hydrogens (tertiary/aromatic N) is 5. The maximum absolute atomic E-state index is 13.1. The molecule has 1 aromatic carbocycles. The molecule has 1 aliphatic heterocycles. The van der Waals surface area contributed by atoms with Gasteiger partial charge in [-0.1, -0.05) is 0 Å². The van der Waals surface area contributed by atoms with Gasteiger partial charge >= 0.3 is 0 Å². The second-order valence-corrected chi connectivity index (χ2v) is 6.88. The molecule has 29 heavy (non-hydrogen) atoms. The molecule has 148 valence electrons. The molecule has 9 heteroatoms. The second kappa shape index (κ2) is 7.78. The van der Waals surface area contributed by atoms with Crippen LogP contribution in [-0.2, 0) is 0 Å². The number of carbonyl (C=O) groups is 2. The Hall–Kier alpha value is -3.62. The summed E-state index contributed by atoms with van der Waals surface area (Å²) in [7, 11) is 0. The van der Waals surface area contributed by atoms with E-state index in [1.807, 2.05) is 0 Å². The van der Waals surface area contributed by atoms with Gasteiger partial charge in [0, 0.05) is 31.4 Å². The van der Waals surface area contributed by atoms with E-state index in [4.69, 9.17) is 5.73 Å². The quantitative estimate of drug-likeness (QED) is 0.679. The predicted octanol–water partition coefficient (Wildman–Crippen LogP) is 2.12. The number of Topliss-reactive ketones (excluding diaryl/α,β-unsaturated/α-hetero) is 1. The zero-order valence-electron chi connectivity index (χ0n) is 15.5. The van der Waals surface area contributed by atoms with E-state index in [0.717, 1.165) is 0 Å². The van der Waals surface area contributed by atoms with Gasteiger partial charge in [-0.2, -0.15) is 5.10 Å². The molecule has 0 unspecified atom stereocenters. The van der Waals surface area contributed by atoms with Gasteiger partial charge in [0.25, 0.3) is 5.91 Å². The Kier molecular flexibility index (Phi) is 5.03. The minimum absolute atomic E-state index is 0.160. The summed E-state index contributed by atoms with van der Waals surface area (Å²) in [5.41, 5.74) is 7.27. The minimum Gasteiger partial charge on any atom is -0.383 e. The molecule has 2 aromatic heterocycles. The van der Waals surface area contributed by atoms with Gasteiger partial charge in [0.15, 0.2) is 5.78 Å². The number of aromatic nitrogens is 4. The molecule has 0 bridgehead atoms. The summed E-state index contributed by atoms with van der Waals surface area (Å²) in [6.07, 6.45) is 7.16. The average Bonchev–Trinajstić information content (AvgIpc) is 3.15. The molecule has 0 aliphatic carbocycles. The van der Waals surface area contributed by atoms with Crippen molar-refractivity contribution in [3.8, 4) is 5.69 Å². The Morgan fingerprint density at radius 1 is 1.14 bits per heavy atom. The lowest BCUT2D eigenvalue weighted by atomic mass is 9.90. The number of halogens is 1. The Labute approximate surface area is 166 Å². The van der Waals surface area contributed by atoms with Crippen LogP contribution in [0.2, 0.25) is 0 Å². The van der Waals surface area contributed by atoms with Crippen LogP contribution in [0.25, 0.3) is 5.69 Å². The first-order valence-electron chi connectivity index (χ1n) is 9.23. The Balaban J connectivity index is 1.52. The number of benzene rings is 1. The van der Waals surface area contributed by atoms with Crippen molar-refractivity contribution in [3.63, 3.8) is 0 Å². The fourth-order valence-electron chi connectivity index (χ4n) is 3.50. The van der Waals surface area contributed by atoms with E-state index in [1.165, 1.54) is 53.7 Å². The van der Waals surface area contributed by atoms with Gasteiger partial charge in [0.1, 0.15) is 17.3 Å². The van der Waals surface area contributed by atoms with Crippen molar-refractivity contribution in [2.24, 2.45) is 5.92 Å². The molecule has 4 rings (SSSR count). The number of anilines is 1. The lowest BCUT2D eigenvalue weighted by Gasteiger charge is -2.31. The maximum atomic E-state index is 13.1. The number of nitrogen functional groups attached to an aromatic ring is 1. The summed E-state index contributed by atoms with van der Waals surface area (Å²) in [5, 5.41) is 4.18. The molecule has 1 saturated heterocycles. The van der Waals surface area contributed by atoms with Crippen LogP contribution >= 0.6 is 0 Å². The highest BCUT2D eigenvalue weighted by molar-refractivity contribution is 6.02. The number of carbonyl (C=O) groups excluding carboxylic acids is 2. The van der Waals surface area contributed by atoms with E-state index in [0.29, 0.717) is 30.6 Å². The van der Waals surface area contributed by atoms with Crippen molar-refractivity contribution in [1.82, 2.24) is 24.6 Å². The molecule has 0 radical (unpaired) electrons. The molecule has 1 amide bonds. The minimum atomic E-state index is -0.377. The van der Waals surface area contributed by atoms with E-state index < -0.39 is 0 Å². The van der Waals surface area contributed by atoms with Gasteiger partial charge in [-0.3, -0.25) is 14.6 Å². The van der Waals surface area contributed by atoms with Crippen LogP contribution in [0.4, 0.5) is 10.2 Å². The number of hydrogen-bond donors (Lipinski definition) is 1. The van der Waals surface area contributed by atoms with Crippen molar-refractivity contribution in [1.29, 1.82) is 0 Å². The standard InChI is InChI=1S/C20H19FN6O2/c21-14-3-5-15(6-4-14)27-19(22)16(10-25-27)18(28)13-2-1-9-26(12-13)20(29)17-11-23-7-8-24-17/h3-8,10-11,13H,1-2,9,12,22H2/t13-/m1/s1. The number of ketones is 1. The van der Waals surface area contributed by atoms with Crippen LogP contribution in [-0.4, -0.2) is 49.4 Å². The molecular formula is C20H19FN6O2. The predicted molar refractivity (Wildman–Crippen MR) is 103 cm³/mol. The van der Waals surface area contributed by atoms with Crippen LogP contribution in [0.15, 0.2) is 49.1 Å². The van der Waals surface area contributed by atoms with Gasteiger partial charge in [-0.05, 0) is 37.1 Å². The smallest absolute Gasteiger partial charge is 0.274 e. The van der Waals surface area contributed by atoms with Crippen molar-refractivity contribution in [2.75, 3.05) is 18.8 Å². The monoisotopic (exact) mass is 394 g/mol. The van der Waals surface area contributed by atoms with Gasteiger partial charge in [0.2, 0.25) is 0 Å². The van der Waals surface area contributed by atoms with E-state index in [9.17, 15) is 14.0 Å². The molecule has 2 N–H and O–H groups in total. The highest BCUT2D eigenvalue weighted by Gasteiger charge is 2.32. The summed E-state index contributed by atoms with van der Waals surface area (Å²) < 4.78 is 14.5. The van der Waals surface area contributed by atoms with Crippen molar-refractivity contribution >= 4 is 17.5 Å². The molecular weight excluding hydrogens is 375 g/mol. The fourth-order valence-corrected chi connectivity index (χ4v) is 3.50. The second-order valence-electron chi connectivity index (χ2n) is 6.88. The first-order valence-corrected chi connectivity index (χ1v) is 9.23. The molecule has 1 fully saturated rings.